The fourth-order valence-corrected chi connectivity index (χ4v) is 1.72. The zero-order valence-corrected chi connectivity index (χ0v) is 10.6. The van der Waals surface area contributed by atoms with Gasteiger partial charge >= 0.3 is 0 Å². The summed E-state index contributed by atoms with van der Waals surface area (Å²) in [5, 5.41) is 6.99. The molecule has 0 saturated carbocycles. The van der Waals surface area contributed by atoms with Crippen molar-refractivity contribution in [1.29, 1.82) is 0 Å². The second-order valence-electron chi connectivity index (χ2n) is 3.72. The van der Waals surface area contributed by atoms with Gasteiger partial charge in [0, 0.05) is 13.3 Å². The van der Waals surface area contributed by atoms with Crippen LogP contribution in [0.3, 0.4) is 0 Å². The number of nitrogens with one attached hydrogen (secondary N) is 1. The van der Waals surface area contributed by atoms with Crippen molar-refractivity contribution in [3.63, 3.8) is 0 Å². The van der Waals surface area contributed by atoms with Crippen LogP contribution in [0, 0.1) is 4.77 Å². The first kappa shape index (κ1) is 11.9. The van der Waals surface area contributed by atoms with E-state index in [9.17, 15) is 0 Å². The smallest absolute Gasteiger partial charge is 0.195 e. The summed E-state index contributed by atoms with van der Waals surface area (Å²) in [6.07, 6.45) is 1.80. The van der Waals surface area contributed by atoms with Crippen LogP contribution >= 0.6 is 12.2 Å². The highest BCUT2D eigenvalue weighted by molar-refractivity contribution is 7.71. The molecule has 1 atom stereocenters. The van der Waals surface area contributed by atoms with Crippen LogP contribution < -0.4 is 0 Å². The van der Waals surface area contributed by atoms with E-state index in [1.54, 1.807) is 13.3 Å². The molecule has 2 aromatic heterocycles. The van der Waals surface area contributed by atoms with Gasteiger partial charge in [0.2, 0.25) is 0 Å². The van der Waals surface area contributed by atoms with Crippen molar-refractivity contribution >= 4 is 12.2 Å². The largest absolute Gasteiger partial charge is 0.380 e. The normalized spacial score (nSPS) is 12.6. The fraction of sp³-hybridized carbons (Fsp3) is 0.364. The van der Waals surface area contributed by atoms with Crippen molar-refractivity contribution in [2.75, 3.05) is 7.11 Å². The Morgan fingerprint density at radius 2 is 2.35 bits per heavy atom. The lowest BCUT2D eigenvalue weighted by Gasteiger charge is -2.11. The lowest BCUT2D eigenvalue weighted by atomic mass is 10.3. The van der Waals surface area contributed by atoms with E-state index in [-0.39, 0.29) is 6.10 Å². The molecule has 0 fully saturated rings. The van der Waals surface area contributed by atoms with Gasteiger partial charge in [0.25, 0.3) is 0 Å². The standard InChI is InChI=1S/C11H14N4OS/c1-8(16-2)7-15-10(13-14-11(15)17)9-5-3-4-6-12-9/h3-6,8H,7H2,1-2H3,(H,14,17). The minimum absolute atomic E-state index is 0.0711. The zero-order chi connectivity index (χ0) is 12.3. The number of pyridine rings is 1. The lowest BCUT2D eigenvalue weighted by Crippen LogP contribution is -2.15. The Balaban J connectivity index is 2.39. The molecule has 2 rings (SSSR count). The Hall–Kier alpha value is -1.53. The number of hydrogen-bond donors (Lipinski definition) is 1. The van der Waals surface area contributed by atoms with Crippen LogP contribution in [0.15, 0.2) is 24.4 Å². The van der Waals surface area contributed by atoms with Crippen LogP contribution in [0.4, 0.5) is 0 Å². The molecule has 5 nitrogen and oxygen atoms in total. The van der Waals surface area contributed by atoms with Gasteiger partial charge in [-0.25, -0.2) is 0 Å². The number of ether oxygens (including phenoxy) is 1. The maximum absolute atomic E-state index is 5.24. The highest BCUT2D eigenvalue weighted by Crippen LogP contribution is 2.14. The van der Waals surface area contributed by atoms with Crippen LogP contribution in [0.5, 0.6) is 0 Å². The van der Waals surface area contributed by atoms with Gasteiger partial charge in [-0.3, -0.25) is 14.6 Å². The maximum Gasteiger partial charge on any atom is 0.195 e. The van der Waals surface area contributed by atoms with Crippen LogP contribution in [-0.4, -0.2) is 33.0 Å². The molecule has 0 amide bonds. The second kappa shape index (κ2) is 5.20. The number of rotatable bonds is 4. The molecule has 0 aliphatic rings. The number of aromatic amines is 1. The topological polar surface area (TPSA) is 55.7 Å². The Kier molecular flexibility index (Phi) is 3.65. The SMILES string of the molecule is COC(C)Cn1c(-c2ccccn2)n[nH]c1=S. The molecule has 0 aromatic carbocycles. The average Bonchev–Trinajstić information content (AvgIpc) is 2.72. The van der Waals surface area contributed by atoms with E-state index in [1.165, 1.54) is 0 Å². The number of H-pyrrole nitrogens is 1. The van der Waals surface area contributed by atoms with Crippen LogP contribution in [0.1, 0.15) is 6.92 Å². The zero-order valence-electron chi connectivity index (χ0n) is 9.75. The molecule has 0 saturated heterocycles. The third-order valence-corrected chi connectivity index (χ3v) is 2.81. The van der Waals surface area contributed by atoms with Crippen molar-refractivity contribution in [2.45, 2.75) is 19.6 Å². The fourth-order valence-electron chi connectivity index (χ4n) is 1.51. The molecule has 17 heavy (non-hydrogen) atoms. The first-order chi connectivity index (χ1) is 8.22. The molecule has 90 valence electrons. The van der Waals surface area contributed by atoms with Gasteiger partial charge in [0.05, 0.1) is 12.6 Å². The maximum atomic E-state index is 5.24. The van der Waals surface area contributed by atoms with E-state index in [1.807, 2.05) is 29.7 Å². The van der Waals surface area contributed by atoms with E-state index >= 15 is 0 Å². The second-order valence-corrected chi connectivity index (χ2v) is 4.11. The van der Waals surface area contributed by atoms with Crippen molar-refractivity contribution in [1.82, 2.24) is 19.7 Å². The van der Waals surface area contributed by atoms with E-state index in [4.69, 9.17) is 17.0 Å². The molecule has 0 aliphatic carbocycles. The highest BCUT2D eigenvalue weighted by Gasteiger charge is 2.11. The molecule has 0 aliphatic heterocycles. The summed E-state index contributed by atoms with van der Waals surface area (Å²) < 4.78 is 7.71. The van der Waals surface area contributed by atoms with Crippen LogP contribution in [-0.2, 0) is 11.3 Å². The quantitative estimate of drug-likeness (QED) is 0.844. The lowest BCUT2D eigenvalue weighted by molar-refractivity contribution is 0.103. The van der Waals surface area contributed by atoms with Gasteiger partial charge in [-0.2, -0.15) is 5.10 Å². The Labute approximate surface area is 104 Å². The summed E-state index contributed by atoms with van der Waals surface area (Å²) in [6.45, 7) is 2.63. The van der Waals surface area contributed by atoms with Crippen molar-refractivity contribution in [3.8, 4) is 11.5 Å². The van der Waals surface area contributed by atoms with Crippen LogP contribution in [0.25, 0.3) is 11.5 Å². The molecule has 0 radical (unpaired) electrons. The molecular weight excluding hydrogens is 236 g/mol. The first-order valence-electron chi connectivity index (χ1n) is 5.31. The van der Waals surface area contributed by atoms with Gasteiger partial charge in [0.1, 0.15) is 5.69 Å². The number of nitrogens with zero attached hydrogens (tertiary/aromatic N) is 3. The third kappa shape index (κ3) is 2.59. The van der Waals surface area contributed by atoms with Gasteiger partial charge < -0.3 is 4.74 Å². The van der Waals surface area contributed by atoms with E-state index in [0.29, 0.717) is 11.3 Å². The Morgan fingerprint density at radius 1 is 1.53 bits per heavy atom. The summed E-state index contributed by atoms with van der Waals surface area (Å²) in [7, 11) is 1.68. The summed E-state index contributed by atoms with van der Waals surface area (Å²) in [5.74, 6) is 0.736. The first-order valence-corrected chi connectivity index (χ1v) is 5.72. The van der Waals surface area contributed by atoms with Crippen molar-refractivity contribution in [2.24, 2.45) is 0 Å². The van der Waals surface area contributed by atoms with E-state index in [0.717, 1.165) is 11.5 Å². The van der Waals surface area contributed by atoms with E-state index in [2.05, 4.69) is 15.2 Å². The van der Waals surface area contributed by atoms with Gasteiger partial charge in [-0.15, -0.1) is 0 Å². The molecule has 2 aromatic rings. The number of methoxy groups -OCH3 is 1. The van der Waals surface area contributed by atoms with Gasteiger partial charge in [-0.05, 0) is 31.3 Å². The average molecular weight is 250 g/mol. The number of aromatic nitrogens is 4. The molecule has 0 bridgehead atoms. The van der Waals surface area contributed by atoms with Crippen molar-refractivity contribution < 1.29 is 4.74 Å². The minimum atomic E-state index is 0.0711. The van der Waals surface area contributed by atoms with E-state index < -0.39 is 0 Å². The molecule has 6 heteroatoms. The predicted octanol–water partition coefficient (Wildman–Crippen LogP) is 2.04. The third-order valence-electron chi connectivity index (χ3n) is 2.49. The molecular formula is C11H14N4OS. The number of hydrogen-bond acceptors (Lipinski definition) is 4. The highest BCUT2D eigenvalue weighted by atomic mass is 32.1. The Bertz CT molecular complexity index is 534. The minimum Gasteiger partial charge on any atom is -0.380 e. The van der Waals surface area contributed by atoms with Gasteiger partial charge in [-0.1, -0.05) is 6.07 Å². The molecule has 1 unspecified atom stereocenters. The summed E-state index contributed by atoms with van der Waals surface area (Å²) in [5.41, 5.74) is 0.795. The molecule has 2 heterocycles. The van der Waals surface area contributed by atoms with Gasteiger partial charge in [0.15, 0.2) is 10.6 Å². The molecule has 1 N–H and O–H groups in total. The van der Waals surface area contributed by atoms with Crippen molar-refractivity contribution in [3.05, 3.63) is 29.2 Å². The van der Waals surface area contributed by atoms with Crippen LogP contribution in [0.2, 0.25) is 0 Å². The monoisotopic (exact) mass is 250 g/mol. The summed E-state index contributed by atoms with van der Waals surface area (Å²) in [4.78, 5) is 4.27. The molecule has 0 spiro atoms. The summed E-state index contributed by atoms with van der Waals surface area (Å²) in [6, 6.07) is 5.69. The predicted molar refractivity (Wildman–Crippen MR) is 67.1 cm³/mol. The Morgan fingerprint density at radius 3 is 3.00 bits per heavy atom. The summed E-state index contributed by atoms with van der Waals surface area (Å²) >= 11 is 5.20.